The largest absolute Gasteiger partial charge is 0.493 e. The molecule has 0 atom stereocenters. The molecule has 35 heavy (non-hydrogen) atoms. The van der Waals surface area contributed by atoms with Crippen LogP contribution in [0.15, 0.2) is 72.9 Å². The summed E-state index contributed by atoms with van der Waals surface area (Å²) >= 11 is 0. The number of ether oxygens (including phenoxy) is 2. The first kappa shape index (κ1) is 23.6. The zero-order chi connectivity index (χ0) is 24.8. The van der Waals surface area contributed by atoms with Crippen molar-refractivity contribution in [1.82, 2.24) is 15.8 Å². The predicted octanol–water partition coefficient (Wildman–Crippen LogP) is 4.31. The smallest absolute Gasteiger partial charge is 0.269 e. The second kappa shape index (κ2) is 10.6. The maximum Gasteiger partial charge on any atom is 0.269 e. The Morgan fingerprint density at radius 3 is 2.23 bits per heavy atom. The summed E-state index contributed by atoms with van der Waals surface area (Å²) < 4.78 is 10.8. The summed E-state index contributed by atoms with van der Waals surface area (Å²) in [5.41, 5.74) is 9.69. The lowest BCUT2D eigenvalue weighted by atomic mass is 10.1. The highest BCUT2D eigenvalue weighted by Gasteiger charge is 2.11. The first-order chi connectivity index (χ1) is 17.0. The number of methoxy groups -OCH3 is 2. The summed E-state index contributed by atoms with van der Waals surface area (Å²) in [5.74, 6) is 0.510. The quantitative estimate of drug-likeness (QED) is 0.348. The lowest BCUT2D eigenvalue weighted by molar-refractivity contribution is -0.121. The summed E-state index contributed by atoms with van der Waals surface area (Å²) in [6.07, 6.45) is 1.89. The number of pyridine rings is 1. The normalized spacial score (nSPS) is 10.5. The summed E-state index contributed by atoms with van der Waals surface area (Å²) in [4.78, 5) is 29.0. The van der Waals surface area contributed by atoms with Gasteiger partial charge >= 0.3 is 0 Å². The standard InChI is InChI=1S/C27H26N4O4/c1-17-4-6-18(7-5-17)14-26(32)30-31-27(33)19-8-10-20(11-9-19)29-22-12-13-28-23-16-25(35-3)24(34-2)15-21(22)23/h4-13,15-16H,14H2,1-3H3,(H,28,29)(H,30,32)(H,31,33). The molecule has 4 aromatic rings. The van der Waals surface area contributed by atoms with Crippen LogP contribution in [0, 0.1) is 6.92 Å². The highest BCUT2D eigenvalue weighted by atomic mass is 16.5. The molecule has 0 saturated heterocycles. The molecule has 1 heterocycles. The molecule has 0 fully saturated rings. The highest BCUT2D eigenvalue weighted by Crippen LogP contribution is 2.35. The van der Waals surface area contributed by atoms with Gasteiger partial charge in [-0.15, -0.1) is 0 Å². The van der Waals surface area contributed by atoms with E-state index < -0.39 is 5.91 Å². The number of carbonyl (C=O) groups is 2. The summed E-state index contributed by atoms with van der Waals surface area (Å²) in [5, 5.41) is 4.21. The second-order valence-corrected chi connectivity index (χ2v) is 7.95. The van der Waals surface area contributed by atoms with Gasteiger partial charge in [0.1, 0.15) is 0 Å². The molecule has 8 nitrogen and oxygen atoms in total. The van der Waals surface area contributed by atoms with E-state index in [0.717, 1.165) is 33.4 Å². The molecule has 0 aliphatic heterocycles. The van der Waals surface area contributed by atoms with E-state index in [1.54, 1.807) is 44.7 Å². The number of aryl methyl sites for hydroxylation is 1. The number of nitrogens with zero attached hydrogens (tertiary/aromatic N) is 1. The molecule has 0 saturated carbocycles. The molecule has 0 spiro atoms. The molecular formula is C27H26N4O4. The number of rotatable bonds is 7. The monoisotopic (exact) mass is 470 g/mol. The molecule has 178 valence electrons. The summed E-state index contributed by atoms with van der Waals surface area (Å²) in [6.45, 7) is 1.98. The number of nitrogens with one attached hydrogen (secondary N) is 3. The number of anilines is 2. The minimum Gasteiger partial charge on any atom is -0.493 e. The van der Waals surface area contributed by atoms with Gasteiger partial charge in [-0.1, -0.05) is 29.8 Å². The molecule has 0 aliphatic carbocycles. The lowest BCUT2D eigenvalue weighted by Crippen LogP contribution is -2.42. The van der Waals surface area contributed by atoms with Gasteiger partial charge in [-0.25, -0.2) is 0 Å². The molecule has 0 unspecified atom stereocenters. The topological polar surface area (TPSA) is 102 Å². The van der Waals surface area contributed by atoms with E-state index in [2.05, 4.69) is 21.2 Å². The van der Waals surface area contributed by atoms with Crippen LogP contribution >= 0.6 is 0 Å². The van der Waals surface area contributed by atoms with Crippen LogP contribution in [-0.4, -0.2) is 31.0 Å². The predicted molar refractivity (Wildman–Crippen MR) is 135 cm³/mol. The van der Waals surface area contributed by atoms with Gasteiger partial charge in [0.2, 0.25) is 5.91 Å². The Morgan fingerprint density at radius 2 is 1.54 bits per heavy atom. The number of hydrogen-bond acceptors (Lipinski definition) is 6. The van der Waals surface area contributed by atoms with E-state index in [1.165, 1.54) is 0 Å². The molecule has 1 aromatic heterocycles. The van der Waals surface area contributed by atoms with Crippen molar-refractivity contribution in [3.05, 3.63) is 89.6 Å². The van der Waals surface area contributed by atoms with Gasteiger partial charge in [0, 0.05) is 34.6 Å². The minimum absolute atomic E-state index is 0.181. The third-order valence-electron chi connectivity index (χ3n) is 5.47. The van der Waals surface area contributed by atoms with E-state index in [4.69, 9.17) is 9.47 Å². The lowest BCUT2D eigenvalue weighted by Gasteiger charge is -2.13. The van der Waals surface area contributed by atoms with Gasteiger partial charge in [0.15, 0.2) is 11.5 Å². The van der Waals surface area contributed by atoms with Gasteiger partial charge < -0.3 is 14.8 Å². The Hall–Kier alpha value is -4.59. The Kier molecular flexibility index (Phi) is 7.11. The van der Waals surface area contributed by atoms with E-state index in [-0.39, 0.29) is 12.3 Å². The molecule has 0 radical (unpaired) electrons. The fourth-order valence-electron chi connectivity index (χ4n) is 3.58. The highest BCUT2D eigenvalue weighted by molar-refractivity contribution is 5.97. The van der Waals surface area contributed by atoms with Crippen LogP contribution in [-0.2, 0) is 11.2 Å². The van der Waals surface area contributed by atoms with Crippen LogP contribution in [0.2, 0.25) is 0 Å². The number of fused-ring (bicyclic) bond motifs is 1. The van der Waals surface area contributed by atoms with Gasteiger partial charge in [-0.05, 0) is 48.9 Å². The average Bonchev–Trinajstić information content (AvgIpc) is 2.88. The third-order valence-corrected chi connectivity index (χ3v) is 5.47. The SMILES string of the molecule is COc1cc2nccc(Nc3ccc(C(=O)NNC(=O)Cc4ccc(C)cc4)cc3)c2cc1OC. The molecule has 3 N–H and O–H groups in total. The van der Waals surface area contributed by atoms with Crippen molar-refractivity contribution in [3.8, 4) is 11.5 Å². The van der Waals surface area contributed by atoms with E-state index in [9.17, 15) is 9.59 Å². The van der Waals surface area contributed by atoms with Crippen molar-refractivity contribution >= 4 is 34.1 Å². The van der Waals surface area contributed by atoms with Crippen molar-refractivity contribution in [2.24, 2.45) is 0 Å². The maximum absolute atomic E-state index is 12.4. The van der Waals surface area contributed by atoms with E-state index in [1.807, 2.05) is 49.4 Å². The van der Waals surface area contributed by atoms with Crippen molar-refractivity contribution in [2.45, 2.75) is 13.3 Å². The van der Waals surface area contributed by atoms with E-state index in [0.29, 0.717) is 17.1 Å². The van der Waals surface area contributed by atoms with Crippen LogP contribution in [0.1, 0.15) is 21.5 Å². The number of aromatic nitrogens is 1. The molecule has 0 aliphatic rings. The number of amides is 2. The van der Waals surface area contributed by atoms with Crippen molar-refractivity contribution < 1.29 is 19.1 Å². The van der Waals surface area contributed by atoms with Crippen molar-refractivity contribution in [2.75, 3.05) is 19.5 Å². The summed E-state index contributed by atoms with van der Waals surface area (Å²) in [6, 6.07) is 20.1. The van der Waals surface area contributed by atoms with Crippen LogP contribution in [0.4, 0.5) is 11.4 Å². The summed E-state index contributed by atoms with van der Waals surface area (Å²) in [7, 11) is 3.17. The Bertz CT molecular complexity index is 1350. The number of hydrogen-bond donors (Lipinski definition) is 3. The fraction of sp³-hybridized carbons (Fsp3) is 0.148. The van der Waals surface area contributed by atoms with Crippen LogP contribution in [0.25, 0.3) is 10.9 Å². The van der Waals surface area contributed by atoms with Crippen LogP contribution < -0.4 is 25.6 Å². The minimum atomic E-state index is -0.403. The zero-order valence-corrected chi connectivity index (χ0v) is 19.7. The Labute approximate surface area is 203 Å². The number of hydrazine groups is 1. The Morgan fingerprint density at radius 1 is 0.857 bits per heavy atom. The first-order valence-electron chi connectivity index (χ1n) is 11.0. The first-order valence-corrected chi connectivity index (χ1v) is 11.0. The van der Waals surface area contributed by atoms with Gasteiger partial charge in [0.25, 0.3) is 5.91 Å². The van der Waals surface area contributed by atoms with Gasteiger partial charge in [-0.2, -0.15) is 0 Å². The van der Waals surface area contributed by atoms with Crippen molar-refractivity contribution in [3.63, 3.8) is 0 Å². The van der Waals surface area contributed by atoms with Gasteiger partial charge in [0.05, 0.1) is 26.2 Å². The number of carbonyl (C=O) groups excluding carboxylic acids is 2. The zero-order valence-electron chi connectivity index (χ0n) is 19.7. The molecule has 0 bridgehead atoms. The van der Waals surface area contributed by atoms with Crippen LogP contribution in [0.5, 0.6) is 11.5 Å². The van der Waals surface area contributed by atoms with Crippen molar-refractivity contribution in [1.29, 1.82) is 0 Å². The molecule has 8 heteroatoms. The van der Waals surface area contributed by atoms with Crippen LogP contribution in [0.3, 0.4) is 0 Å². The third kappa shape index (κ3) is 5.67. The average molecular weight is 471 g/mol. The van der Waals surface area contributed by atoms with Gasteiger partial charge in [-0.3, -0.25) is 25.4 Å². The molecule has 3 aromatic carbocycles. The maximum atomic E-state index is 12.4. The molecule has 2 amide bonds. The fourth-order valence-corrected chi connectivity index (χ4v) is 3.58. The molecular weight excluding hydrogens is 444 g/mol. The Balaban J connectivity index is 1.40. The second-order valence-electron chi connectivity index (χ2n) is 7.95. The van der Waals surface area contributed by atoms with E-state index >= 15 is 0 Å². The number of benzene rings is 3. The molecule has 4 rings (SSSR count).